The van der Waals surface area contributed by atoms with E-state index in [1.54, 1.807) is 29.2 Å². The van der Waals surface area contributed by atoms with Crippen molar-refractivity contribution in [3.8, 4) is 0 Å². The average molecular weight is 275 g/mol. The molecule has 0 bridgehead atoms. The minimum absolute atomic E-state index is 0.0130. The molecule has 0 saturated carbocycles. The van der Waals surface area contributed by atoms with Crippen molar-refractivity contribution in [2.24, 2.45) is 11.1 Å². The van der Waals surface area contributed by atoms with Crippen molar-refractivity contribution in [1.29, 1.82) is 0 Å². The maximum Gasteiger partial charge on any atom is 0.251 e. The van der Waals surface area contributed by atoms with Crippen molar-refractivity contribution in [3.63, 3.8) is 0 Å². The number of nitrogens with one attached hydrogen (secondary N) is 1. The van der Waals surface area contributed by atoms with Crippen molar-refractivity contribution in [2.75, 3.05) is 26.2 Å². The predicted octanol–water partition coefficient (Wildman–Crippen LogP) is 0.614. The third-order valence-corrected chi connectivity index (χ3v) is 3.84. The van der Waals surface area contributed by atoms with Crippen LogP contribution in [0.1, 0.15) is 23.7 Å². The summed E-state index contributed by atoms with van der Waals surface area (Å²) in [6.45, 7) is 4.08. The van der Waals surface area contributed by atoms with Crippen LogP contribution in [0, 0.1) is 5.41 Å². The second-order valence-electron chi connectivity index (χ2n) is 5.63. The Morgan fingerprint density at radius 3 is 2.65 bits per heavy atom. The van der Waals surface area contributed by atoms with Crippen LogP contribution in [0.2, 0.25) is 0 Å². The van der Waals surface area contributed by atoms with Gasteiger partial charge in [-0.2, -0.15) is 0 Å². The molecule has 1 aliphatic rings. The van der Waals surface area contributed by atoms with Crippen LogP contribution in [-0.2, 0) is 4.79 Å². The lowest BCUT2D eigenvalue weighted by atomic mass is 9.90. The first-order valence-electron chi connectivity index (χ1n) is 6.85. The minimum atomic E-state index is -0.222. The number of carbonyl (C=O) groups excluding carboxylic acids is 2. The number of likely N-dealkylation sites (tertiary alicyclic amines) is 1. The molecule has 2 rings (SSSR count). The molecule has 1 atom stereocenters. The maximum atomic E-state index is 12.1. The van der Waals surface area contributed by atoms with Crippen LogP contribution < -0.4 is 11.1 Å². The Balaban J connectivity index is 1.83. The zero-order chi connectivity index (χ0) is 14.6. The second kappa shape index (κ2) is 6.05. The molecule has 1 aliphatic heterocycles. The molecular weight excluding hydrogens is 254 g/mol. The summed E-state index contributed by atoms with van der Waals surface area (Å²) in [7, 11) is 0. The smallest absolute Gasteiger partial charge is 0.251 e. The lowest BCUT2D eigenvalue weighted by molar-refractivity contribution is -0.129. The summed E-state index contributed by atoms with van der Waals surface area (Å²) in [5.74, 6) is -0.272. The molecule has 0 aromatic heterocycles. The largest absolute Gasteiger partial charge is 0.343 e. The van der Waals surface area contributed by atoms with E-state index in [-0.39, 0.29) is 23.8 Å². The highest BCUT2D eigenvalue weighted by atomic mass is 16.2. The van der Waals surface area contributed by atoms with Gasteiger partial charge >= 0.3 is 0 Å². The molecule has 0 aliphatic carbocycles. The number of nitrogens with two attached hydrogens (primary N) is 1. The lowest BCUT2D eigenvalue weighted by Crippen LogP contribution is -2.40. The first kappa shape index (κ1) is 14.5. The number of carbonyl (C=O) groups is 2. The summed E-state index contributed by atoms with van der Waals surface area (Å²) in [5.41, 5.74) is 6.30. The Labute approximate surface area is 119 Å². The van der Waals surface area contributed by atoms with E-state index in [9.17, 15) is 9.59 Å². The number of nitrogens with zero attached hydrogens (tertiary/aromatic N) is 1. The molecule has 108 valence electrons. The molecule has 1 fully saturated rings. The highest BCUT2D eigenvalue weighted by Crippen LogP contribution is 2.28. The van der Waals surface area contributed by atoms with Crippen molar-refractivity contribution in [1.82, 2.24) is 10.2 Å². The van der Waals surface area contributed by atoms with Crippen molar-refractivity contribution >= 4 is 11.8 Å². The van der Waals surface area contributed by atoms with Crippen molar-refractivity contribution < 1.29 is 9.59 Å². The number of rotatable bonds is 4. The van der Waals surface area contributed by atoms with Crippen LogP contribution >= 0.6 is 0 Å². The summed E-state index contributed by atoms with van der Waals surface area (Å²) in [6.07, 6.45) is 0.919. The van der Waals surface area contributed by atoms with Crippen LogP contribution in [0.5, 0.6) is 0 Å². The molecule has 20 heavy (non-hydrogen) atoms. The monoisotopic (exact) mass is 275 g/mol. The molecule has 1 unspecified atom stereocenters. The normalized spacial score (nSPS) is 21.8. The molecule has 1 heterocycles. The first-order chi connectivity index (χ1) is 9.54. The van der Waals surface area contributed by atoms with E-state index in [0.29, 0.717) is 25.2 Å². The van der Waals surface area contributed by atoms with Gasteiger partial charge in [0.15, 0.2) is 0 Å². The van der Waals surface area contributed by atoms with E-state index in [1.807, 2.05) is 6.07 Å². The fraction of sp³-hybridized carbons (Fsp3) is 0.467. The van der Waals surface area contributed by atoms with E-state index < -0.39 is 0 Å². The highest BCUT2D eigenvalue weighted by Gasteiger charge is 2.34. The van der Waals surface area contributed by atoms with Gasteiger partial charge in [-0.3, -0.25) is 9.59 Å². The highest BCUT2D eigenvalue weighted by molar-refractivity contribution is 5.96. The van der Waals surface area contributed by atoms with Crippen molar-refractivity contribution in [3.05, 3.63) is 35.9 Å². The number of hydrogen-bond acceptors (Lipinski definition) is 3. The predicted molar refractivity (Wildman–Crippen MR) is 77.1 cm³/mol. The molecule has 0 radical (unpaired) electrons. The zero-order valence-corrected chi connectivity index (χ0v) is 11.8. The van der Waals surface area contributed by atoms with Gasteiger partial charge < -0.3 is 16.0 Å². The standard InChI is InChI=1S/C15H21N3O2/c1-15(10-16)7-8-18(11-15)13(19)9-17-14(20)12-5-3-2-4-6-12/h2-6H,7-11,16H2,1H3,(H,17,20). The quantitative estimate of drug-likeness (QED) is 0.845. The SMILES string of the molecule is CC1(CN)CCN(C(=O)CNC(=O)c2ccccc2)C1. The summed E-state index contributed by atoms with van der Waals surface area (Å²) in [5, 5.41) is 2.66. The molecule has 5 nitrogen and oxygen atoms in total. The van der Waals surface area contributed by atoms with Crippen LogP contribution in [0.4, 0.5) is 0 Å². The molecule has 1 aromatic carbocycles. The number of benzene rings is 1. The van der Waals surface area contributed by atoms with Gasteiger partial charge in [-0.15, -0.1) is 0 Å². The van der Waals surface area contributed by atoms with Crippen LogP contribution in [-0.4, -0.2) is 42.9 Å². The van der Waals surface area contributed by atoms with Gasteiger partial charge in [-0.25, -0.2) is 0 Å². The summed E-state index contributed by atoms with van der Waals surface area (Å²) in [6, 6.07) is 8.88. The molecular formula is C15H21N3O2. The van der Waals surface area contributed by atoms with Crippen LogP contribution in [0.15, 0.2) is 30.3 Å². The van der Waals surface area contributed by atoms with Crippen LogP contribution in [0.3, 0.4) is 0 Å². The number of amides is 2. The van der Waals surface area contributed by atoms with Gasteiger partial charge in [0.2, 0.25) is 5.91 Å². The molecule has 5 heteroatoms. The van der Waals surface area contributed by atoms with Gasteiger partial charge in [0.1, 0.15) is 0 Å². The van der Waals surface area contributed by atoms with E-state index in [1.165, 1.54) is 0 Å². The molecule has 3 N–H and O–H groups in total. The fourth-order valence-corrected chi connectivity index (χ4v) is 2.36. The molecule has 2 amide bonds. The van der Waals surface area contributed by atoms with Gasteiger partial charge in [-0.1, -0.05) is 25.1 Å². The Kier molecular flexibility index (Phi) is 4.39. The topological polar surface area (TPSA) is 75.4 Å². The first-order valence-corrected chi connectivity index (χ1v) is 6.85. The zero-order valence-electron chi connectivity index (χ0n) is 11.8. The average Bonchev–Trinajstić information content (AvgIpc) is 2.89. The van der Waals surface area contributed by atoms with Crippen molar-refractivity contribution in [2.45, 2.75) is 13.3 Å². The summed E-state index contributed by atoms with van der Waals surface area (Å²) >= 11 is 0. The van der Waals surface area contributed by atoms with Gasteiger partial charge in [0, 0.05) is 18.7 Å². The second-order valence-corrected chi connectivity index (χ2v) is 5.63. The molecule has 1 aromatic rings. The molecule has 1 saturated heterocycles. The molecule has 0 spiro atoms. The van der Waals surface area contributed by atoms with Gasteiger partial charge in [-0.05, 0) is 30.5 Å². The van der Waals surface area contributed by atoms with Crippen LogP contribution in [0.25, 0.3) is 0 Å². The number of hydrogen-bond donors (Lipinski definition) is 2. The Bertz CT molecular complexity index is 489. The lowest BCUT2D eigenvalue weighted by Gasteiger charge is -2.22. The van der Waals surface area contributed by atoms with Gasteiger partial charge in [0.05, 0.1) is 6.54 Å². The third kappa shape index (κ3) is 3.36. The Morgan fingerprint density at radius 2 is 2.05 bits per heavy atom. The van der Waals surface area contributed by atoms with E-state index >= 15 is 0 Å². The van der Waals surface area contributed by atoms with Gasteiger partial charge in [0.25, 0.3) is 5.91 Å². The van der Waals surface area contributed by atoms with E-state index in [2.05, 4.69) is 12.2 Å². The fourth-order valence-electron chi connectivity index (χ4n) is 2.36. The maximum absolute atomic E-state index is 12.1. The summed E-state index contributed by atoms with van der Waals surface area (Å²) in [4.78, 5) is 25.7. The Hall–Kier alpha value is -1.88. The van der Waals surface area contributed by atoms with E-state index in [4.69, 9.17) is 5.73 Å². The Morgan fingerprint density at radius 1 is 1.35 bits per heavy atom. The summed E-state index contributed by atoms with van der Waals surface area (Å²) < 4.78 is 0. The minimum Gasteiger partial charge on any atom is -0.343 e. The van der Waals surface area contributed by atoms with E-state index in [0.717, 1.165) is 6.42 Å². The third-order valence-electron chi connectivity index (χ3n) is 3.84.